The fraction of sp³-hybridized carbons (Fsp3) is 0.385. The first kappa shape index (κ1) is 11.8. The molecule has 2 N–H and O–H groups in total. The molecule has 0 bridgehead atoms. The van der Waals surface area contributed by atoms with Gasteiger partial charge >= 0.3 is 0 Å². The summed E-state index contributed by atoms with van der Waals surface area (Å²) in [5.41, 5.74) is 1.09. The Hall–Kier alpha value is -2.24. The van der Waals surface area contributed by atoms with E-state index in [4.69, 9.17) is 0 Å². The van der Waals surface area contributed by atoms with Crippen LogP contribution in [0.15, 0.2) is 24.5 Å². The number of nitrogens with zero attached hydrogens (tertiary/aromatic N) is 3. The van der Waals surface area contributed by atoms with Crippen molar-refractivity contribution in [3.63, 3.8) is 0 Å². The molecule has 1 aliphatic carbocycles. The van der Waals surface area contributed by atoms with E-state index in [9.17, 15) is 4.79 Å². The van der Waals surface area contributed by atoms with Crippen molar-refractivity contribution in [2.75, 3.05) is 6.54 Å². The second kappa shape index (κ2) is 5.17. The van der Waals surface area contributed by atoms with Crippen LogP contribution in [-0.4, -0.2) is 32.6 Å². The first-order valence-electron chi connectivity index (χ1n) is 6.42. The van der Waals surface area contributed by atoms with E-state index in [-0.39, 0.29) is 11.7 Å². The zero-order valence-electron chi connectivity index (χ0n) is 10.5. The Morgan fingerprint density at radius 1 is 1.47 bits per heavy atom. The quantitative estimate of drug-likeness (QED) is 0.838. The minimum absolute atomic E-state index is 0.230. The maximum atomic E-state index is 11.8. The first-order valence-corrected chi connectivity index (χ1v) is 6.42. The predicted octanol–water partition coefficient (Wildman–Crippen LogP) is 1.05. The van der Waals surface area contributed by atoms with Gasteiger partial charge in [-0.15, -0.1) is 5.10 Å². The molecule has 2 heterocycles. The van der Waals surface area contributed by atoms with Crippen LogP contribution in [0.2, 0.25) is 0 Å². The van der Waals surface area contributed by atoms with Crippen molar-refractivity contribution in [1.29, 1.82) is 0 Å². The molecule has 0 aliphatic heterocycles. The first-order chi connectivity index (χ1) is 9.33. The van der Waals surface area contributed by atoms with Gasteiger partial charge in [0.1, 0.15) is 5.82 Å². The van der Waals surface area contributed by atoms with E-state index < -0.39 is 0 Å². The number of aromatic nitrogens is 4. The highest BCUT2D eigenvalue weighted by molar-refractivity contribution is 5.90. The lowest BCUT2D eigenvalue weighted by atomic mass is 10.2. The van der Waals surface area contributed by atoms with Gasteiger partial charge in [-0.25, -0.2) is 4.98 Å². The van der Waals surface area contributed by atoms with Gasteiger partial charge in [0.05, 0.1) is 0 Å². The van der Waals surface area contributed by atoms with Gasteiger partial charge in [0, 0.05) is 24.9 Å². The van der Waals surface area contributed by atoms with Crippen LogP contribution in [-0.2, 0) is 6.42 Å². The van der Waals surface area contributed by atoms with Crippen LogP contribution in [0.25, 0.3) is 0 Å². The Morgan fingerprint density at radius 2 is 2.37 bits per heavy atom. The molecule has 3 rings (SSSR count). The summed E-state index contributed by atoms with van der Waals surface area (Å²) in [6, 6.07) is 3.87. The molecule has 6 nitrogen and oxygen atoms in total. The van der Waals surface area contributed by atoms with E-state index in [0.717, 1.165) is 30.7 Å². The molecule has 0 radical (unpaired) electrons. The second-order valence-electron chi connectivity index (χ2n) is 4.69. The van der Waals surface area contributed by atoms with Crippen molar-refractivity contribution in [3.8, 4) is 0 Å². The number of aromatic amines is 1. The summed E-state index contributed by atoms with van der Waals surface area (Å²) in [5.74, 6) is 1.31. The summed E-state index contributed by atoms with van der Waals surface area (Å²) in [4.78, 5) is 20.1. The van der Waals surface area contributed by atoms with Crippen molar-refractivity contribution in [2.24, 2.45) is 0 Å². The summed E-state index contributed by atoms with van der Waals surface area (Å²) in [5, 5.41) is 9.58. The molecular formula is C13H15N5O. The average molecular weight is 257 g/mol. The molecular weight excluding hydrogens is 242 g/mol. The lowest BCUT2D eigenvalue weighted by Crippen LogP contribution is -2.26. The van der Waals surface area contributed by atoms with Crippen LogP contribution in [0.5, 0.6) is 0 Å². The van der Waals surface area contributed by atoms with Crippen LogP contribution in [0.1, 0.15) is 40.8 Å². The highest BCUT2D eigenvalue weighted by atomic mass is 16.2. The second-order valence-corrected chi connectivity index (χ2v) is 4.69. The predicted molar refractivity (Wildman–Crippen MR) is 68.6 cm³/mol. The number of carbonyl (C=O) groups excluding carboxylic acids is 1. The minimum Gasteiger partial charge on any atom is -0.349 e. The van der Waals surface area contributed by atoms with Crippen LogP contribution in [0.3, 0.4) is 0 Å². The fourth-order valence-corrected chi connectivity index (χ4v) is 1.86. The zero-order chi connectivity index (χ0) is 13.1. The average Bonchev–Trinajstić information content (AvgIpc) is 3.17. The number of amides is 1. The molecule has 0 unspecified atom stereocenters. The van der Waals surface area contributed by atoms with Gasteiger partial charge in [0.15, 0.2) is 0 Å². The maximum absolute atomic E-state index is 11.8. The Morgan fingerprint density at radius 3 is 3.11 bits per heavy atom. The molecule has 2 aromatic heterocycles. The molecule has 0 atom stereocenters. The SMILES string of the molecule is O=C(NCCc1cccnc1)c1n[nH]c(C2CC2)n1. The topological polar surface area (TPSA) is 83.6 Å². The van der Waals surface area contributed by atoms with Gasteiger partial charge in [-0.2, -0.15) is 0 Å². The van der Waals surface area contributed by atoms with Gasteiger partial charge in [-0.05, 0) is 30.9 Å². The smallest absolute Gasteiger partial charge is 0.290 e. The molecule has 1 saturated carbocycles. The van der Waals surface area contributed by atoms with Crippen molar-refractivity contribution in [3.05, 3.63) is 41.7 Å². The molecule has 19 heavy (non-hydrogen) atoms. The van der Waals surface area contributed by atoms with Crippen LogP contribution in [0.4, 0.5) is 0 Å². The third-order valence-corrected chi connectivity index (χ3v) is 3.09. The number of pyridine rings is 1. The van der Waals surface area contributed by atoms with E-state index in [2.05, 4.69) is 25.5 Å². The van der Waals surface area contributed by atoms with Crippen LogP contribution >= 0.6 is 0 Å². The molecule has 2 aromatic rings. The number of rotatable bonds is 5. The Bertz CT molecular complexity index is 561. The highest BCUT2D eigenvalue weighted by Crippen LogP contribution is 2.37. The number of H-pyrrole nitrogens is 1. The van der Waals surface area contributed by atoms with E-state index in [1.54, 1.807) is 12.4 Å². The standard InChI is InChI=1S/C13H15N5O/c19-13(12-16-11(17-18-12)10-3-4-10)15-7-5-9-2-1-6-14-8-9/h1-2,6,8,10H,3-5,7H2,(H,15,19)(H,16,17,18). The lowest BCUT2D eigenvalue weighted by Gasteiger charge is -2.02. The summed E-state index contributed by atoms with van der Waals surface area (Å²) in [6.45, 7) is 0.553. The third-order valence-electron chi connectivity index (χ3n) is 3.09. The van der Waals surface area contributed by atoms with E-state index in [0.29, 0.717) is 12.5 Å². The highest BCUT2D eigenvalue weighted by Gasteiger charge is 2.28. The molecule has 1 fully saturated rings. The van der Waals surface area contributed by atoms with Gasteiger partial charge in [0.2, 0.25) is 5.82 Å². The van der Waals surface area contributed by atoms with Crippen LogP contribution < -0.4 is 5.32 Å². The van der Waals surface area contributed by atoms with Crippen molar-refractivity contribution in [1.82, 2.24) is 25.5 Å². The van der Waals surface area contributed by atoms with Gasteiger partial charge in [-0.3, -0.25) is 14.9 Å². The summed E-state index contributed by atoms with van der Waals surface area (Å²) in [7, 11) is 0. The maximum Gasteiger partial charge on any atom is 0.290 e. The number of carbonyl (C=O) groups is 1. The molecule has 1 aliphatic rings. The molecule has 6 heteroatoms. The van der Waals surface area contributed by atoms with Crippen molar-refractivity contribution >= 4 is 5.91 Å². The monoisotopic (exact) mass is 257 g/mol. The molecule has 98 valence electrons. The number of hydrogen-bond acceptors (Lipinski definition) is 4. The summed E-state index contributed by atoms with van der Waals surface area (Å²) < 4.78 is 0. The van der Waals surface area contributed by atoms with Crippen LogP contribution in [0, 0.1) is 0 Å². The Balaban J connectivity index is 1.50. The molecule has 1 amide bonds. The van der Waals surface area contributed by atoms with Crippen molar-refractivity contribution in [2.45, 2.75) is 25.2 Å². The fourth-order valence-electron chi connectivity index (χ4n) is 1.86. The molecule has 0 aromatic carbocycles. The number of nitrogens with one attached hydrogen (secondary N) is 2. The van der Waals surface area contributed by atoms with Gasteiger partial charge in [-0.1, -0.05) is 6.07 Å². The summed E-state index contributed by atoms with van der Waals surface area (Å²) in [6.07, 6.45) is 6.55. The van der Waals surface area contributed by atoms with Gasteiger partial charge in [0.25, 0.3) is 5.91 Å². The molecule has 0 spiro atoms. The molecule has 0 saturated heterocycles. The van der Waals surface area contributed by atoms with E-state index in [1.807, 2.05) is 12.1 Å². The lowest BCUT2D eigenvalue weighted by molar-refractivity contribution is 0.0944. The van der Waals surface area contributed by atoms with E-state index >= 15 is 0 Å². The van der Waals surface area contributed by atoms with Crippen molar-refractivity contribution < 1.29 is 4.79 Å². The Kier molecular flexibility index (Phi) is 3.22. The zero-order valence-corrected chi connectivity index (χ0v) is 10.5. The minimum atomic E-state index is -0.230. The largest absolute Gasteiger partial charge is 0.349 e. The number of hydrogen-bond donors (Lipinski definition) is 2. The van der Waals surface area contributed by atoms with Gasteiger partial charge < -0.3 is 5.32 Å². The third kappa shape index (κ3) is 2.96. The normalized spacial score (nSPS) is 14.3. The van der Waals surface area contributed by atoms with E-state index in [1.165, 1.54) is 0 Å². The summed E-state index contributed by atoms with van der Waals surface area (Å²) >= 11 is 0. The Labute approximate surface area is 110 Å².